The van der Waals surface area contributed by atoms with Crippen molar-refractivity contribution in [2.75, 3.05) is 19.8 Å². The molecule has 2 atom stereocenters. The summed E-state index contributed by atoms with van der Waals surface area (Å²) in [7, 11) is 0. The number of ether oxygens (including phenoxy) is 2. The summed E-state index contributed by atoms with van der Waals surface area (Å²) in [4.78, 5) is 30.1. The summed E-state index contributed by atoms with van der Waals surface area (Å²) in [5.41, 5.74) is 3.72. The van der Waals surface area contributed by atoms with E-state index in [1.807, 2.05) is 0 Å². The van der Waals surface area contributed by atoms with Crippen molar-refractivity contribution < 1.29 is 28.9 Å². The largest absolute Gasteiger partial charge is 0.458 e. The lowest BCUT2D eigenvalue weighted by molar-refractivity contribution is -0.157. The van der Waals surface area contributed by atoms with Gasteiger partial charge in [-0.1, -0.05) is 6.92 Å². The minimum atomic E-state index is -1.52. The molecule has 0 bridgehead atoms. The van der Waals surface area contributed by atoms with Gasteiger partial charge in [0.25, 0.3) is 5.56 Å². The van der Waals surface area contributed by atoms with Crippen LogP contribution >= 0.6 is 0 Å². The molecule has 0 saturated heterocycles. The Labute approximate surface area is 193 Å². The number of hydrogen-bond donors (Lipinski definition) is 2. The Kier molecular flexibility index (Phi) is 4.68. The molecule has 9 heteroatoms. The molecule has 0 amide bonds. The van der Waals surface area contributed by atoms with Crippen molar-refractivity contribution >= 4 is 16.9 Å². The van der Waals surface area contributed by atoms with Gasteiger partial charge in [0.1, 0.15) is 12.4 Å². The molecular formula is C25H23FN2O6. The first-order chi connectivity index (χ1) is 16.3. The number of halogens is 1. The van der Waals surface area contributed by atoms with Gasteiger partial charge >= 0.3 is 5.97 Å². The average Bonchev–Trinajstić information content (AvgIpc) is 3.18. The number of esters is 1. The number of aliphatic hydroxyl groups is 2. The molecule has 0 radical (unpaired) electrons. The van der Waals surface area contributed by atoms with Gasteiger partial charge in [-0.2, -0.15) is 0 Å². The number of nitrogens with zero attached hydrogens (tertiary/aromatic N) is 2. The molecule has 2 unspecified atom stereocenters. The number of cyclic esters (lactones) is 1. The molecular weight excluding hydrogens is 443 g/mol. The van der Waals surface area contributed by atoms with E-state index in [2.05, 4.69) is 6.92 Å². The summed E-state index contributed by atoms with van der Waals surface area (Å²) in [5, 5.41) is 20.3. The number of fused-ring (bicyclic) bond motifs is 5. The van der Waals surface area contributed by atoms with Gasteiger partial charge in [-0.05, 0) is 42.2 Å². The van der Waals surface area contributed by atoms with Gasteiger partial charge in [-0.15, -0.1) is 0 Å². The summed E-state index contributed by atoms with van der Waals surface area (Å²) in [6, 6.07) is 4.70. The van der Waals surface area contributed by atoms with Gasteiger partial charge in [0.2, 0.25) is 0 Å². The van der Waals surface area contributed by atoms with Gasteiger partial charge in [-0.3, -0.25) is 4.79 Å². The molecule has 0 saturated carbocycles. The summed E-state index contributed by atoms with van der Waals surface area (Å²) in [6.45, 7) is 2.54. The SMILES string of the molecule is CC1(COCCO)CCc2c(F)ccc3nc4c(c1c23)Cn1c-4cc2c(c1=O)COC(=O)C2O. The molecule has 4 heterocycles. The molecule has 34 heavy (non-hydrogen) atoms. The number of pyridine rings is 2. The van der Waals surface area contributed by atoms with E-state index in [1.165, 1.54) is 6.07 Å². The monoisotopic (exact) mass is 466 g/mol. The first kappa shape index (κ1) is 21.4. The molecule has 3 aromatic rings. The van der Waals surface area contributed by atoms with Crippen LogP contribution in [0.3, 0.4) is 0 Å². The van der Waals surface area contributed by atoms with Crippen LogP contribution in [0.1, 0.15) is 47.3 Å². The molecule has 1 aliphatic carbocycles. The molecule has 2 aromatic heterocycles. The number of rotatable bonds is 4. The van der Waals surface area contributed by atoms with Crippen LogP contribution in [0.2, 0.25) is 0 Å². The molecule has 176 valence electrons. The second-order valence-electron chi connectivity index (χ2n) is 9.44. The molecule has 6 rings (SSSR count). The minimum Gasteiger partial charge on any atom is -0.458 e. The molecule has 2 N–H and O–H groups in total. The predicted octanol–water partition coefficient (Wildman–Crippen LogP) is 1.87. The number of benzene rings is 1. The van der Waals surface area contributed by atoms with Gasteiger partial charge in [0.05, 0.1) is 48.8 Å². The highest BCUT2D eigenvalue weighted by Gasteiger charge is 2.41. The van der Waals surface area contributed by atoms with Gasteiger partial charge < -0.3 is 24.3 Å². The van der Waals surface area contributed by atoms with Crippen LogP contribution in [-0.4, -0.2) is 45.6 Å². The van der Waals surface area contributed by atoms with Crippen molar-refractivity contribution in [3.8, 4) is 11.4 Å². The highest BCUT2D eigenvalue weighted by molar-refractivity contribution is 5.93. The average molecular weight is 466 g/mol. The van der Waals surface area contributed by atoms with Crippen molar-refractivity contribution in [1.29, 1.82) is 0 Å². The fraction of sp³-hybridized carbons (Fsp3) is 0.400. The first-order valence-electron chi connectivity index (χ1n) is 11.3. The Hall–Kier alpha value is -3.14. The Morgan fingerprint density at radius 3 is 2.91 bits per heavy atom. The quantitative estimate of drug-likeness (QED) is 0.349. The second kappa shape index (κ2) is 7.43. The van der Waals surface area contributed by atoms with Crippen molar-refractivity contribution in [3.05, 3.63) is 62.2 Å². The Balaban J connectivity index is 1.63. The zero-order valence-corrected chi connectivity index (χ0v) is 18.6. The van der Waals surface area contributed by atoms with E-state index in [0.717, 1.165) is 16.5 Å². The molecule has 3 aliphatic rings. The summed E-state index contributed by atoms with van der Waals surface area (Å²) in [5.74, 6) is -1.07. The normalized spacial score (nSPS) is 22.4. The molecule has 0 spiro atoms. The van der Waals surface area contributed by atoms with E-state index in [-0.39, 0.29) is 48.9 Å². The van der Waals surface area contributed by atoms with Gasteiger partial charge in [0, 0.05) is 21.9 Å². The standard InChI is InChI=1S/C25H23FN2O6/c1-25(11-33-7-6-29)5-4-12-16(26)2-3-17-19(12)20(25)14-9-28-18(21(14)27-17)8-13-15(23(28)31)10-34-24(32)22(13)30/h2-3,8,22,29-30H,4-7,9-11H2,1H3. The number of aromatic nitrogens is 2. The third-order valence-electron chi connectivity index (χ3n) is 7.36. The topological polar surface area (TPSA) is 111 Å². The summed E-state index contributed by atoms with van der Waals surface area (Å²) in [6.07, 6.45) is -0.355. The van der Waals surface area contributed by atoms with Crippen molar-refractivity contribution in [1.82, 2.24) is 9.55 Å². The van der Waals surface area contributed by atoms with Crippen LogP contribution in [-0.2, 0) is 39.3 Å². The van der Waals surface area contributed by atoms with Crippen LogP contribution in [0.25, 0.3) is 22.3 Å². The van der Waals surface area contributed by atoms with Gasteiger partial charge in [0.15, 0.2) is 6.10 Å². The van der Waals surface area contributed by atoms with E-state index in [0.29, 0.717) is 41.9 Å². The Bertz CT molecular complexity index is 1450. The van der Waals surface area contributed by atoms with E-state index in [4.69, 9.17) is 14.5 Å². The maximum Gasteiger partial charge on any atom is 0.340 e. The lowest BCUT2D eigenvalue weighted by Gasteiger charge is -2.37. The first-order valence-corrected chi connectivity index (χ1v) is 11.3. The summed E-state index contributed by atoms with van der Waals surface area (Å²) >= 11 is 0. The maximum atomic E-state index is 14.8. The molecule has 2 aliphatic heterocycles. The van der Waals surface area contributed by atoms with E-state index in [1.54, 1.807) is 16.7 Å². The lowest BCUT2D eigenvalue weighted by atomic mass is 9.70. The number of hydrogen-bond acceptors (Lipinski definition) is 7. The van der Waals surface area contributed by atoms with E-state index < -0.39 is 17.5 Å². The van der Waals surface area contributed by atoms with Crippen molar-refractivity contribution in [3.63, 3.8) is 0 Å². The third-order valence-corrected chi connectivity index (χ3v) is 7.36. The number of aliphatic hydroxyl groups excluding tert-OH is 2. The van der Waals surface area contributed by atoms with Crippen molar-refractivity contribution in [2.24, 2.45) is 0 Å². The number of carbonyl (C=O) groups excluding carboxylic acids is 1. The van der Waals surface area contributed by atoms with Crippen molar-refractivity contribution in [2.45, 2.75) is 44.4 Å². The minimum absolute atomic E-state index is 0.0966. The number of aryl methyl sites for hydroxylation is 1. The van der Waals surface area contributed by atoms with Crippen LogP contribution in [0.4, 0.5) is 4.39 Å². The van der Waals surface area contributed by atoms with Crippen LogP contribution in [0, 0.1) is 5.82 Å². The van der Waals surface area contributed by atoms with Crippen LogP contribution < -0.4 is 5.56 Å². The van der Waals surface area contributed by atoms with Crippen LogP contribution in [0.15, 0.2) is 23.0 Å². The second-order valence-corrected chi connectivity index (χ2v) is 9.44. The highest BCUT2D eigenvalue weighted by Crippen LogP contribution is 2.48. The Morgan fingerprint density at radius 1 is 1.29 bits per heavy atom. The Morgan fingerprint density at radius 2 is 2.12 bits per heavy atom. The summed E-state index contributed by atoms with van der Waals surface area (Å²) < 4.78 is 27.1. The fourth-order valence-corrected chi connectivity index (χ4v) is 5.71. The number of carbonyl (C=O) groups is 1. The fourth-order valence-electron chi connectivity index (χ4n) is 5.71. The zero-order valence-electron chi connectivity index (χ0n) is 18.6. The lowest BCUT2D eigenvalue weighted by Crippen LogP contribution is -2.35. The molecule has 1 aromatic carbocycles. The maximum absolute atomic E-state index is 14.8. The molecule has 0 fully saturated rings. The highest BCUT2D eigenvalue weighted by atomic mass is 19.1. The van der Waals surface area contributed by atoms with Gasteiger partial charge in [-0.25, -0.2) is 14.2 Å². The van der Waals surface area contributed by atoms with E-state index >= 15 is 0 Å². The predicted molar refractivity (Wildman–Crippen MR) is 119 cm³/mol. The smallest absolute Gasteiger partial charge is 0.340 e. The third kappa shape index (κ3) is 2.84. The zero-order chi connectivity index (χ0) is 23.8. The molecule has 8 nitrogen and oxygen atoms in total. The van der Waals surface area contributed by atoms with Crippen LogP contribution in [0.5, 0.6) is 0 Å². The van der Waals surface area contributed by atoms with E-state index in [9.17, 15) is 24.2 Å².